The monoisotopic (exact) mass is 349 g/mol. The molecular formula is C18H23NO4S. The van der Waals surface area contributed by atoms with Crippen molar-refractivity contribution in [2.24, 2.45) is 0 Å². The second-order valence-corrected chi connectivity index (χ2v) is 8.05. The van der Waals surface area contributed by atoms with E-state index in [-0.39, 0.29) is 5.75 Å². The Bertz CT molecular complexity index is 796. The highest BCUT2D eigenvalue weighted by atomic mass is 32.2. The lowest BCUT2D eigenvalue weighted by Gasteiger charge is -2.14. The molecule has 130 valence electrons. The van der Waals surface area contributed by atoms with Gasteiger partial charge >= 0.3 is 0 Å². The Morgan fingerprint density at radius 1 is 1.17 bits per heavy atom. The van der Waals surface area contributed by atoms with Gasteiger partial charge in [0, 0.05) is 20.3 Å². The van der Waals surface area contributed by atoms with E-state index >= 15 is 0 Å². The van der Waals surface area contributed by atoms with Crippen LogP contribution in [0.2, 0.25) is 0 Å². The summed E-state index contributed by atoms with van der Waals surface area (Å²) in [4.78, 5) is 12.1. The van der Waals surface area contributed by atoms with Crippen LogP contribution >= 0.6 is 0 Å². The van der Waals surface area contributed by atoms with Crippen LogP contribution in [-0.2, 0) is 25.1 Å². The third-order valence-corrected chi connectivity index (χ3v) is 5.97. The lowest BCUT2D eigenvalue weighted by Crippen LogP contribution is -2.39. The van der Waals surface area contributed by atoms with Gasteiger partial charge in [0.15, 0.2) is 9.84 Å². The standard InChI is InChI=1S/C18H23NO4S/c1-14(18(20)19-11-6-12-23-2)24(21,22)13-16-9-5-8-15-7-3-4-10-17(15)16/h3-5,7-10,14H,6,11-13H2,1-2H3,(H,19,20). The first-order valence-electron chi connectivity index (χ1n) is 7.90. The minimum absolute atomic E-state index is 0.152. The van der Waals surface area contributed by atoms with Crippen LogP contribution < -0.4 is 5.32 Å². The lowest BCUT2D eigenvalue weighted by molar-refractivity contribution is -0.120. The summed E-state index contributed by atoms with van der Waals surface area (Å²) >= 11 is 0. The Labute approximate surface area is 142 Å². The Morgan fingerprint density at radius 2 is 1.88 bits per heavy atom. The smallest absolute Gasteiger partial charge is 0.238 e. The van der Waals surface area contributed by atoms with Gasteiger partial charge in [0.25, 0.3) is 0 Å². The van der Waals surface area contributed by atoms with E-state index in [0.29, 0.717) is 25.1 Å². The number of fused-ring (bicyclic) bond motifs is 1. The molecule has 2 aromatic rings. The van der Waals surface area contributed by atoms with Gasteiger partial charge in [0.2, 0.25) is 5.91 Å². The van der Waals surface area contributed by atoms with Gasteiger partial charge in [-0.05, 0) is 29.7 Å². The molecule has 0 aliphatic heterocycles. The van der Waals surface area contributed by atoms with E-state index in [0.717, 1.165) is 10.8 Å². The first kappa shape index (κ1) is 18.4. The van der Waals surface area contributed by atoms with Crippen molar-refractivity contribution in [3.63, 3.8) is 0 Å². The average Bonchev–Trinajstić information content (AvgIpc) is 2.58. The second kappa shape index (κ2) is 8.26. The van der Waals surface area contributed by atoms with Crippen LogP contribution in [0.4, 0.5) is 0 Å². The lowest BCUT2D eigenvalue weighted by atomic mass is 10.1. The predicted molar refractivity (Wildman–Crippen MR) is 95.5 cm³/mol. The zero-order valence-corrected chi connectivity index (χ0v) is 14.8. The molecule has 1 unspecified atom stereocenters. The summed E-state index contributed by atoms with van der Waals surface area (Å²) in [5.41, 5.74) is 0.715. The predicted octanol–water partition coefficient (Wildman–Crippen LogP) is 2.30. The molecule has 0 aliphatic carbocycles. The number of carbonyl (C=O) groups is 1. The molecule has 24 heavy (non-hydrogen) atoms. The number of carbonyl (C=O) groups excluding carboxylic acids is 1. The first-order valence-corrected chi connectivity index (χ1v) is 9.62. The zero-order valence-electron chi connectivity index (χ0n) is 14.0. The minimum atomic E-state index is -3.59. The van der Waals surface area contributed by atoms with E-state index in [2.05, 4.69) is 5.32 Å². The molecule has 0 aromatic heterocycles. The van der Waals surface area contributed by atoms with Crippen molar-refractivity contribution >= 4 is 26.5 Å². The van der Waals surface area contributed by atoms with Crippen LogP contribution in [0.1, 0.15) is 18.9 Å². The van der Waals surface area contributed by atoms with Crippen LogP contribution in [0.5, 0.6) is 0 Å². The number of amides is 1. The quantitative estimate of drug-likeness (QED) is 0.742. The van der Waals surface area contributed by atoms with Gasteiger partial charge in [-0.3, -0.25) is 4.79 Å². The number of nitrogens with one attached hydrogen (secondary N) is 1. The molecule has 1 N–H and O–H groups in total. The molecule has 0 fully saturated rings. The molecule has 2 aromatic carbocycles. The Balaban J connectivity index is 2.10. The topological polar surface area (TPSA) is 72.5 Å². The Kier molecular flexibility index (Phi) is 6.34. The Morgan fingerprint density at radius 3 is 2.62 bits per heavy atom. The van der Waals surface area contributed by atoms with Crippen LogP contribution in [-0.4, -0.2) is 39.8 Å². The van der Waals surface area contributed by atoms with Gasteiger partial charge in [-0.25, -0.2) is 8.42 Å². The summed E-state index contributed by atoms with van der Waals surface area (Å²) in [5.74, 6) is -0.618. The molecule has 0 heterocycles. The first-order chi connectivity index (χ1) is 11.5. The van der Waals surface area contributed by atoms with Gasteiger partial charge < -0.3 is 10.1 Å². The number of rotatable bonds is 8. The highest BCUT2D eigenvalue weighted by Crippen LogP contribution is 2.22. The summed E-state index contributed by atoms with van der Waals surface area (Å²) in [6, 6.07) is 13.2. The molecule has 5 nitrogen and oxygen atoms in total. The fraction of sp³-hybridized carbons (Fsp3) is 0.389. The molecule has 6 heteroatoms. The zero-order chi connectivity index (χ0) is 17.6. The molecule has 1 amide bonds. The minimum Gasteiger partial charge on any atom is -0.385 e. The highest BCUT2D eigenvalue weighted by Gasteiger charge is 2.28. The number of hydrogen-bond donors (Lipinski definition) is 1. The average molecular weight is 349 g/mol. The molecule has 0 aliphatic rings. The van der Waals surface area contributed by atoms with Crippen LogP contribution in [0, 0.1) is 0 Å². The molecule has 0 saturated heterocycles. The molecule has 0 spiro atoms. The van der Waals surface area contributed by atoms with Gasteiger partial charge in [-0.15, -0.1) is 0 Å². The maximum Gasteiger partial charge on any atom is 0.238 e. The van der Waals surface area contributed by atoms with E-state index in [9.17, 15) is 13.2 Å². The maximum atomic E-state index is 12.6. The summed E-state index contributed by atoms with van der Waals surface area (Å²) in [7, 11) is -2.01. The van der Waals surface area contributed by atoms with Crippen LogP contribution in [0.3, 0.4) is 0 Å². The van der Waals surface area contributed by atoms with Gasteiger partial charge in [0.05, 0.1) is 5.75 Å². The molecule has 2 rings (SSSR count). The fourth-order valence-corrected chi connectivity index (χ4v) is 3.84. The number of hydrogen-bond acceptors (Lipinski definition) is 4. The van der Waals surface area contributed by atoms with E-state index in [1.807, 2.05) is 36.4 Å². The molecular weight excluding hydrogens is 326 g/mol. The maximum absolute atomic E-state index is 12.6. The van der Waals surface area contributed by atoms with Crippen molar-refractivity contribution in [1.29, 1.82) is 0 Å². The van der Waals surface area contributed by atoms with Crippen molar-refractivity contribution in [3.05, 3.63) is 48.0 Å². The summed E-state index contributed by atoms with van der Waals surface area (Å²) in [5, 5.41) is 3.45. The number of ether oxygens (including phenoxy) is 1. The number of sulfone groups is 1. The number of methoxy groups -OCH3 is 1. The van der Waals surface area contributed by atoms with E-state index < -0.39 is 21.0 Å². The number of benzene rings is 2. The van der Waals surface area contributed by atoms with Crippen molar-refractivity contribution < 1.29 is 17.9 Å². The summed E-state index contributed by atoms with van der Waals surface area (Å²) < 4.78 is 30.1. The summed E-state index contributed by atoms with van der Waals surface area (Å²) in [6.07, 6.45) is 0.651. The Hall–Kier alpha value is -1.92. The third-order valence-electron chi connectivity index (χ3n) is 3.97. The summed E-state index contributed by atoms with van der Waals surface area (Å²) in [6.45, 7) is 2.37. The SMILES string of the molecule is COCCCNC(=O)C(C)S(=O)(=O)Cc1cccc2ccccc12. The molecule has 0 bridgehead atoms. The molecule has 1 atom stereocenters. The molecule has 0 radical (unpaired) electrons. The van der Waals surface area contributed by atoms with Crippen molar-refractivity contribution in [2.45, 2.75) is 24.3 Å². The van der Waals surface area contributed by atoms with Gasteiger partial charge in [-0.1, -0.05) is 42.5 Å². The van der Waals surface area contributed by atoms with E-state index in [1.54, 1.807) is 13.2 Å². The van der Waals surface area contributed by atoms with Gasteiger partial charge in [0.1, 0.15) is 5.25 Å². The van der Waals surface area contributed by atoms with E-state index in [4.69, 9.17) is 4.74 Å². The van der Waals surface area contributed by atoms with Crippen LogP contribution in [0.25, 0.3) is 10.8 Å². The normalized spacial score (nSPS) is 12.9. The van der Waals surface area contributed by atoms with Crippen LogP contribution in [0.15, 0.2) is 42.5 Å². The fourth-order valence-electron chi connectivity index (χ4n) is 2.50. The van der Waals surface area contributed by atoms with E-state index in [1.165, 1.54) is 6.92 Å². The largest absolute Gasteiger partial charge is 0.385 e. The third kappa shape index (κ3) is 4.55. The van der Waals surface area contributed by atoms with Crippen molar-refractivity contribution in [1.82, 2.24) is 5.32 Å². The van der Waals surface area contributed by atoms with Crippen molar-refractivity contribution in [2.75, 3.05) is 20.3 Å². The molecule has 0 saturated carbocycles. The highest BCUT2D eigenvalue weighted by molar-refractivity contribution is 7.92. The second-order valence-electron chi connectivity index (χ2n) is 5.73. The van der Waals surface area contributed by atoms with Gasteiger partial charge in [-0.2, -0.15) is 0 Å². The van der Waals surface area contributed by atoms with Crippen molar-refractivity contribution in [3.8, 4) is 0 Å².